The van der Waals surface area contributed by atoms with Crippen LogP contribution in [0, 0.1) is 28.6 Å². The topological polar surface area (TPSA) is 144 Å². The van der Waals surface area contributed by atoms with E-state index in [0.717, 1.165) is 23.6 Å². The number of amides is 2. The summed E-state index contributed by atoms with van der Waals surface area (Å²) in [5.41, 5.74) is -0.942. The lowest BCUT2D eigenvalue weighted by Crippen LogP contribution is -2.67. The lowest BCUT2D eigenvalue weighted by Gasteiger charge is -2.62. The summed E-state index contributed by atoms with van der Waals surface area (Å²) in [6.45, 7) is 5.42. The van der Waals surface area contributed by atoms with Crippen LogP contribution in [0.4, 0.5) is 5.69 Å². The molecule has 6 rings (SSSR count). The van der Waals surface area contributed by atoms with Gasteiger partial charge in [-0.1, -0.05) is 26.8 Å². The molecular weight excluding hydrogens is 498 g/mol. The molecule has 1 aromatic rings. The minimum Gasteiger partial charge on any atom is -0.506 e. The van der Waals surface area contributed by atoms with Crippen molar-refractivity contribution < 1.29 is 33.0 Å². The lowest BCUT2D eigenvalue weighted by molar-refractivity contribution is -0.186. The summed E-state index contributed by atoms with van der Waals surface area (Å²) in [6, 6.07) is 4.18. The molecule has 0 aromatic heterocycles. The standard InChI is InChI=1S/C26H35N3O7S/c1-25(2,3)23(32)28(22-18-9-16-8-17(10-18)13-26(22,12-16)24(33)34)7-6-15-4-5-19(20(30)11-15)29-14-21(31)27-37(29,35)36/h4-5,11,16-18,22,30H,6-10,12-14H2,1-3H3,(H,27,31)(H,33,34). The second-order valence-corrected chi connectivity index (χ2v) is 14.0. The number of benzene rings is 1. The minimum atomic E-state index is -4.05. The summed E-state index contributed by atoms with van der Waals surface area (Å²) < 4.78 is 27.0. The summed E-state index contributed by atoms with van der Waals surface area (Å²) in [7, 11) is -4.05. The van der Waals surface area contributed by atoms with Crippen molar-refractivity contribution in [3.05, 3.63) is 23.8 Å². The van der Waals surface area contributed by atoms with Gasteiger partial charge in [0.05, 0.1) is 17.1 Å². The number of hydrogen-bond donors (Lipinski definition) is 3. The van der Waals surface area contributed by atoms with Crippen molar-refractivity contribution in [2.45, 2.75) is 65.3 Å². The number of carboxylic acid groups (broad SMARTS) is 1. The van der Waals surface area contributed by atoms with Crippen LogP contribution in [0.2, 0.25) is 0 Å². The summed E-state index contributed by atoms with van der Waals surface area (Å²) >= 11 is 0. The maximum atomic E-state index is 13.7. The molecule has 3 N–H and O–H groups in total. The van der Waals surface area contributed by atoms with Gasteiger partial charge in [-0.15, -0.1) is 0 Å². The Morgan fingerprint density at radius 2 is 1.81 bits per heavy atom. The first-order valence-corrected chi connectivity index (χ1v) is 14.3. The van der Waals surface area contributed by atoms with E-state index in [2.05, 4.69) is 0 Å². The average molecular weight is 534 g/mol. The molecule has 11 heteroatoms. The Hall–Kier alpha value is -2.82. The van der Waals surface area contributed by atoms with Crippen molar-refractivity contribution in [3.63, 3.8) is 0 Å². The van der Waals surface area contributed by atoms with Gasteiger partial charge in [-0.25, -0.2) is 9.03 Å². The Kier molecular flexibility index (Phi) is 6.01. The maximum absolute atomic E-state index is 13.7. The van der Waals surface area contributed by atoms with E-state index < -0.39 is 39.5 Å². The fraction of sp³-hybridized carbons (Fsp3) is 0.654. The fourth-order valence-corrected chi connectivity index (χ4v) is 8.67. The highest BCUT2D eigenvalue weighted by atomic mass is 32.2. The Balaban J connectivity index is 1.42. The molecule has 37 heavy (non-hydrogen) atoms. The number of carbonyl (C=O) groups is 3. The van der Waals surface area contributed by atoms with Gasteiger partial charge in [-0.2, -0.15) is 8.42 Å². The number of nitrogens with zero attached hydrogens (tertiary/aromatic N) is 2. The monoisotopic (exact) mass is 533 g/mol. The average Bonchev–Trinajstić information content (AvgIpc) is 3.05. The van der Waals surface area contributed by atoms with Gasteiger partial charge in [0.2, 0.25) is 5.91 Å². The molecular formula is C26H35N3O7S. The van der Waals surface area contributed by atoms with Crippen LogP contribution in [0.3, 0.4) is 0 Å². The van der Waals surface area contributed by atoms with Gasteiger partial charge in [0, 0.05) is 12.0 Å². The molecule has 202 valence electrons. The zero-order valence-electron chi connectivity index (χ0n) is 21.4. The molecule has 5 fully saturated rings. The number of nitrogens with one attached hydrogen (secondary N) is 1. The van der Waals surface area contributed by atoms with Crippen LogP contribution in [0.5, 0.6) is 5.75 Å². The highest BCUT2D eigenvalue weighted by Crippen LogP contribution is 2.61. The molecule has 2 amide bonds. The molecule has 5 aliphatic rings. The number of hydrogen-bond acceptors (Lipinski definition) is 6. The molecule has 1 aromatic carbocycles. The quantitative estimate of drug-likeness (QED) is 0.509. The van der Waals surface area contributed by atoms with Crippen molar-refractivity contribution in [2.75, 3.05) is 17.4 Å². The number of aromatic hydroxyl groups is 1. The van der Waals surface area contributed by atoms with Crippen molar-refractivity contribution >= 4 is 33.7 Å². The Morgan fingerprint density at radius 3 is 2.32 bits per heavy atom. The summed E-state index contributed by atoms with van der Waals surface area (Å²) in [6.07, 6.45) is 4.59. The number of anilines is 1. The second-order valence-electron chi connectivity index (χ2n) is 12.4. The second kappa shape index (κ2) is 8.61. The van der Waals surface area contributed by atoms with E-state index >= 15 is 0 Å². The first kappa shape index (κ1) is 25.8. The summed E-state index contributed by atoms with van der Waals surface area (Å²) in [5.74, 6) is -0.881. The number of rotatable bonds is 6. The van der Waals surface area contributed by atoms with Crippen LogP contribution in [0.15, 0.2) is 18.2 Å². The zero-order valence-corrected chi connectivity index (χ0v) is 22.3. The highest BCUT2D eigenvalue weighted by molar-refractivity contribution is 7.92. The number of carboxylic acids is 1. The van der Waals surface area contributed by atoms with E-state index in [1.165, 1.54) is 12.1 Å². The molecule has 3 atom stereocenters. The zero-order chi connectivity index (χ0) is 26.9. The lowest BCUT2D eigenvalue weighted by atomic mass is 9.47. The van der Waals surface area contributed by atoms with Crippen LogP contribution in [-0.4, -0.2) is 60.4 Å². The molecule has 1 saturated heterocycles. The van der Waals surface area contributed by atoms with E-state index in [1.54, 1.807) is 11.0 Å². The number of aliphatic carboxylic acids is 1. The Labute approximate surface area is 217 Å². The summed E-state index contributed by atoms with van der Waals surface area (Å²) in [4.78, 5) is 39.9. The van der Waals surface area contributed by atoms with Crippen LogP contribution >= 0.6 is 0 Å². The molecule has 0 radical (unpaired) electrons. The van der Waals surface area contributed by atoms with Crippen molar-refractivity contribution in [2.24, 2.45) is 28.6 Å². The van der Waals surface area contributed by atoms with E-state index in [9.17, 15) is 33.0 Å². The van der Waals surface area contributed by atoms with Crippen LogP contribution in [0.25, 0.3) is 0 Å². The van der Waals surface area contributed by atoms with Crippen LogP contribution < -0.4 is 9.03 Å². The van der Waals surface area contributed by atoms with Gasteiger partial charge in [0.1, 0.15) is 12.3 Å². The smallest absolute Gasteiger partial charge is 0.326 e. The van der Waals surface area contributed by atoms with E-state index in [0.29, 0.717) is 43.2 Å². The van der Waals surface area contributed by atoms with Crippen LogP contribution in [-0.2, 0) is 31.0 Å². The predicted octanol–water partition coefficient (Wildman–Crippen LogP) is 2.27. The van der Waals surface area contributed by atoms with Crippen molar-refractivity contribution in [3.8, 4) is 5.75 Å². The minimum absolute atomic E-state index is 0.00408. The highest BCUT2D eigenvalue weighted by Gasteiger charge is 2.63. The SMILES string of the molecule is CC(C)(C)C(=O)N(CCc1ccc(N2CC(=O)NS2(=O)=O)c(O)c1)C1C2CC3CC(C2)CC1(C(=O)O)C3. The number of phenols is 1. The molecule has 1 aliphatic heterocycles. The fourth-order valence-electron chi connectivity index (χ4n) is 7.51. The predicted molar refractivity (Wildman–Crippen MR) is 135 cm³/mol. The molecule has 4 saturated carbocycles. The number of carbonyl (C=O) groups excluding carboxylic acids is 2. The van der Waals surface area contributed by atoms with Gasteiger partial charge in [0.15, 0.2) is 0 Å². The van der Waals surface area contributed by atoms with Gasteiger partial charge in [-0.3, -0.25) is 14.4 Å². The van der Waals surface area contributed by atoms with Crippen LogP contribution in [0.1, 0.15) is 58.4 Å². The summed E-state index contributed by atoms with van der Waals surface area (Å²) in [5, 5.41) is 21.0. The van der Waals surface area contributed by atoms with Gasteiger partial charge in [0.25, 0.3) is 5.91 Å². The Bertz CT molecular complexity index is 1240. The largest absolute Gasteiger partial charge is 0.506 e. The molecule has 1 heterocycles. The number of phenolic OH excluding ortho intramolecular Hbond substituents is 1. The van der Waals surface area contributed by atoms with Gasteiger partial charge in [-0.05, 0) is 74.0 Å². The van der Waals surface area contributed by atoms with Crippen molar-refractivity contribution in [1.29, 1.82) is 0 Å². The Morgan fingerprint density at radius 1 is 1.16 bits per heavy atom. The molecule has 10 nitrogen and oxygen atoms in total. The van der Waals surface area contributed by atoms with Crippen molar-refractivity contribution in [1.82, 2.24) is 9.62 Å². The first-order valence-electron chi connectivity index (χ1n) is 12.9. The molecule has 0 spiro atoms. The molecule has 3 unspecified atom stereocenters. The first-order chi connectivity index (χ1) is 17.2. The van der Waals surface area contributed by atoms with Gasteiger partial charge >= 0.3 is 16.2 Å². The third-order valence-electron chi connectivity index (χ3n) is 8.69. The normalized spacial score (nSPS) is 31.9. The maximum Gasteiger partial charge on any atom is 0.326 e. The third-order valence-corrected chi connectivity index (χ3v) is 10.1. The molecule has 4 bridgehead atoms. The van der Waals surface area contributed by atoms with Gasteiger partial charge < -0.3 is 15.1 Å². The van der Waals surface area contributed by atoms with E-state index in [1.807, 2.05) is 25.5 Å². The molecule has 4 aliphatic carbocycles. The van der Waals surface area contributed by atoms with E-state index in [4.69, 9.17) is 0 Å². The third kappa shape index (κ3) is 4.34. The van der Waals surface area contributed by atoms with E-state index in [-0.39, 0.29) is 29.3 Å².